The molecule has 2 unspecified atom stereocenters. The summed E-state index contributed by atoms with van der Waals surface area (Å²) in [6.45, 7) is 2.72. The molecule has 1 aromatic rings. The Morgan fingerprint density at radius 3 is 2.75 bits per heavy atom. The van der Waals surface area contributed by atoms with Crippen LogP contribution in [0.4, 0.5) is 10.5 Å². The number of hydrogen-bond donors (Lipinski definition) is 0. The van der Waals surface area contributed by atoms with Gasteiger partial charge in [-0.1, -0.05) is 30.1 Å². The van der Waals surface area contributed by atoms with Crippen LogP contribution in [0.5, 0.6) is 0 Å². The summed E-state index contributed by atoms with van der Waals surface area (Å²) in [7, 11) is 0. The van der Waals surface area contributed by atoms with E-state index < -0.39 is 0 Å². The number of anilines is 1. The monoisotopic (exact) mass is 312 g/mol. The maximum Gasteiger partial charge on any atom is 0.332 e. The van der Waals surface area contributed by atoms with E-state index in [1.807, 2.05) is 0 Å². The molecule has 0 radical (unpaired) electrons. The first-order valence-electron chi connectivity index (χ1n) is 6.58. The summed E-state index contributed by atoms with van der Waals surface area (Å²) in [5.74, 6) is 0.244. The summed E-state index contributed by atoms with van der Waals surface area (Å²) in [4.78, 5) is 27.8. The van der Waals surface area contributed by atoms with Gasteiger partial charge < -0.3 is 4.90 Å². The van der Waals surface area contributed by atoms with Gasteiger partial charge >= 0.3 is 6.03 Å². The number of carbonyl (C=O) groups excluding carboxylic acids is 2. The molecule has 2 heterocycles. The normalized spacial score (nSPS) is 26.1. The third kappa shape index (κ3) is 2.07. The Balaban J connectivity index is 2.00. The molecule has 0 N–H and O–H groups in total. The van der Waals surface area contributed by atoms with Crippen LogP contribution in [0.1, 0.15) is 19.8 Å². The van der Waals surface area contributed by atoms with Gasteiger partial charge in [0.25, 0.3) is 5.91 Å². The predicted octanol–water partition coefficient (Wildman–Crippen LogP) is 3.56. The van der Waals surface area contributed by atoms with Crippen molar-refractivity contribution in [2.45, 2.75) is 25.8 Å². The maximum atomic E-state index is 12.5. The first-order chi connectivity index (χ1) is 9.49. The maximum absolute atomic E-state index is 12.5. The number of hydrogen-bond acceptors (Lipinski definition) is 2. The van der Waals surface area contributed by atoms with Crippen molar-refractivity contribution in [2.24, 2.45) is 5.92 Å². The van der Waals surface area contributed by atoms with E-state index in [4.69, 9.17) is 23.2 Å². The van der Waals surface area contributed by atoms with Crippen LogP contribution in [0.3, 0.4) is 0 Å². The van der Waals surface area contributed by atoms with Crippen molar-refractivity contribution in [3.05, 3.63) is 28.2 Å². The van der Waals surface area contributed by atoms with E-state index in [0.717, 1.165) is 11.3 Å². The van der Waals surface area contributed by atoms with Gasteiger partial charge in [-0.3, -0.25) is 4.79 Å². The highest BCUT2D eigenvalue weighted by atomic mass is 35.5. The average molecular weight is 313 g/mol. The molecule has 0 aromatic heterocycles. The molecule has 3 rings (SSSR count). The molecule has 6 heteroatoms. The molecule has 0 spiro atoms. The van der Waals surface area contributed by atoms with Gasteiger partial charge in [0, 0.05) is 11.6 Å². The lowest BCUT2D eigenvalue weighted by molar-refractivity contribution is -0.120. The summed E-state index contributed by atoms with van der Waals surface area (Å²) in [5.41, 5.74) is 0.371. The minimum absolute atomic E-state index is 0.203. The zero-order chi connectivity index (χ0) is 14.4. The van der Waals surface area contributed by atoms with Crippen molar-refractivity contribution in [3.63, 3.8) is 0 Å². The largest absolute Gasteiger partial charge is 0.332 e. The second-order valence-corrected chi connectivity index (χ2v) is 6.23. The molecule has 2 saturated heterocycles. The lowest BCUT2D eigenvalue weighted by atomic mass is 9.93. The molecule has 0 bridgehead atoms. The molecule has 0 aliphatic carbocycles. The number of imide groups is 1. The van der Waals surface area contributed by atoms with E-state index in [0.29, 0.717) is 34.6 Å². The number of urea groups is 1. The predicted molar refractivity (Wildman–Crippen MR) is 78.2 cm³/mol. The summed E-state index contributed by atoms with van der Waals surface area (Å²) < 4.78 is 0. The number of piperidine rings is 1. The van der Waals surface area contributed by atoms with E-state index in [1.54, 1.807) is 23.1 Å². The molecular formula is C14H14Cl2N2O2. The Kier molecular flexibility index (Phi) is 3.38. The van der Waals surface area contributed by atoms with Crippen LogP contribution >= 0.6 is 23.2 Å². The zero-order valence-corrected chi connectivity index (χ0v) is 12.5. The first-order valence-corrected chi connectivity index (χ1v) is 7.34. The van der Waals surface area contributed by atoms with Crippen LogP contribution in [-0.4, -0.2) is 29.4 Å². The molecule has 1 aromatic carbocycles. The number of halogens is 2. The number of carbonyl (C=O) groups is 2. The molecule has 2 aliphatic heterocycles. The molecule has 106 valence electrons. The first kappa shape index (κ1) is 13.7. The quantitative estimate of drug-likeness (QED) is 0.744. The van der Waals surface area contributed by atoms with Crippen molar-refractivity contribution in [3.8, 4) is 0 Å². The van der Waals surface area contributed by atoms with Gasteiger partial charge in [0.05, 0.1) is 10.7 Å². The number of nitrogens with zero attached hydrogens (tertiary/aromatic N) is 2. The van der Waals surface area contributed by atoms with Crippen LogP contribution in [0.25, 0.3) is 0 Å². The molecule has 20 heavy (non-hydrogen) atoms. The lowest BCUT2D eigenvalue weighted by Crippen LogP contribution is -2.41. The van der Waals surface area contributed by atoms with Gasteiger partial charge in [0.1, 0.15) is 6.04 Å². The second kappa shape index (κ2) is 4.93. The number of benzene rings is 1. The van der Waals surface area contributed by atoms with Crippen LogP contribution in [0, 0.1) is 5.92 Å². The fourth-order valence-corrected chi connectivity index (χ4v) is 3.22. The van der Waals surface area contributed by atoms with Gasteiger partial charge in [-0.15, -0.1) is 0 Å². The van der Waals surface area contributed by atoms with Crippen LogP contribution in [0.15, 0.2) is 18.2 Å². The average Bonchev–Trinajstić information content (AvgIpc) is 2.65. The fourth-order valence-electron chi connectivity index (χ4n) is 2.86. The number of rotatable bonds is 1. The van der Waals surface area contributed by atoms with Gasteiger partial charge in [0.15, 0.2) is 0 Å². The molecule has 2 atom stereocenters. The summed E-state index contributed by atoms with van der Waals surface area (Å²) in [5, 5.41) is 0.798. The summed E-state index contributed by atoms with van der Waals surface area (Å²) in [6, 6.07) is 4.13. The molecule has 3 amide bonds. The minimum atomic E-state index is -0.360. The van der Waals surface area contributed by atoms with E-state index in [1.165, 1.54) is 0 Å². The standard InChI is InChI=1S/C14H14Cl2N2O2/c1-8-4-5-17-12(6-8)13(19)18(14(17)20)11-7-9(15)2-3-10(11)16/h2-3,7-8,12H,4-6H2,1H3. The molecule has 4 nitrogen and oxygen atoms in total. The Hall–Kier alpha value is -1.26. The van der Waals surface area contributed by atoms with Crippen molar-refractivity contribution in [1.82, 2.24) is 4.90 Å². The van der Waals surface area contributed by atoms with Crippen molar-refractivity contribution in [2.75, 3.05) is 11.4 Å². The lowest BCUT2D eigenvalue weighted by Gasteiger charge is -2.30. The highest BCUT2D eigenvalue weighted by Gasteiger charge is 2.48. The SMILES string of the molecule is CC1CCN2C(=O)N(c3cc(Cl)ccc3Cl)C(=O)C2C1. The Morgan fingerprint density at radius 2 is 2.00 bits per heavy atom. The Bertz CT molecular complexity index is 591. The molecule has 2 fully saturated rings. The highest BCUT2D eigenvalue weighted by molar-refractivity contribution is 6.37. The zero-order valence-electron chi connectivity index (χ0n) is 11.0. The second-order valence-electron chi connectivity index (χ2n) is 5.39. The topological polar surface area (TPSA) is 40.6 Å². The van der Waals surface area contributed by atoms with E-state index in [2.05, 4.69) is 6.92 Å². The molecule has 2 aliphatic rings. The van der Waals surface area contributed by atoms with Gasteiger partial charge in [-0.25, -0.2) is 9.69 Å². The van der Waals surface area contributed by atoms with Gasteiger partial charge in [-0.05, 0) is 37.0 Å². The third-order valence-corrected chi connectivity index (χ3v) is 4.51. The number of amides is 3. The van der Waals surface area contributed by atoms with Crippen LogP contribution < -0.4 is 4.90 Å². The molecular weight excluding hydrogens is 299 g/mol. The highest BCUT2D eigenvalue weighted by Crippen LogP contribution is 2.36. The third-order valence-electron chi connectivity index (χ3n) is 3.96. The van der Waals surface area contributed by atoms with Crippen molar-refractivity contribution >= 4 is 40.8 Å². The summed E-state index contributed by atoms with van der Waals surface area (Å²) in [6.07, 6.45) is 1.63. The van der Waals surface area contributed by atoms with E-state index in [-0.39, 0.29) is 18.0 Å². The smallest absolute Gasteiger partial charge is 0.312 e. The Labute approximate surface area is 127 Å². The van der Waals surface area contributed by atoms with E-state index in [9.17, 15) is 9.59 Å². The van der Waals surface area contributed by atoms with Gasteiger partial charge in [0.2, 0.25) is 0 Å². The minimum Gasteiger partial charge on any atom is -0.312 e. The van der Waals surface area contributed by atoms with Gasteiger partial charge in [-0.2, -0.15) is 0 Å². The van der Waals surface area contributed by atoms with Crippen molar-refractivity contribution < 1.29 is 9.59 Å². The van der Waals surface area contributed by atoms with Crippen LogP contribution in [-0.2, 0) is 4.79 Å². The van der Waals surface area contributed by atoms with Crippen molar-refractivity contribution in [1.29, 1.82) is 0 Å². The fraction of sp³-hybridized carbons (Fsp3) is 0.429. The van der Waals surface area contributed by atoms with E-state index >= 15 is 0 Å². The summed E-state index contributed by atoms with van der Waals surface area (Å²) >= 11 is 12.1. The molecule has 0 saturated carbocycles. The Morgan fingerprint density at radius 1 is 1.25 bits per heavy atom. The van der Waals surface area contributed by atoms with Crippen LogP contribution in [0.2, 0.25) is 10.0 Å². The number of fused-ring (bicyclic) bond motifs is 1.